The second-order valence-corrected chi connectivity index (χ2v) is 3.83. The van der Waals surface area contributed by atoms with Crippen LogP contribution in [0.5, 0.6) is 0 Å². The number of aromatic nitrogens is 1. The second kappa shape index (κ2) is 4.75. The van der Waals surface area contributed by atoms with Gasteiger partial charge in [0.05, 0.1) is 0 Å². The maximum atomic E-state index is 11.0. The van der Waals surface area contributed by atoms with Gasteiger partial charge in [0.15, 0.2) is 0 Å². The number of carbonyl (C=O) groups is 2. The highest BCUT2D eigenvalue weighted by atomic mass is 16.4. The van der Waals surface area contributed by atoms with Crippen LogP contribution >= 0.6 is 0 Å². The van der Waals surface area contributed by atoms with Crippen molar-refractivity contribution >= 4 is 28.9 Å². The van der Waals surface area contributed by atoms with Crippen molar-refractivity contribution in [2.75, 3.05) is 0 Å². The second-order valence-electron chi connectivity index (χ2n) is 3.83. The Labute approximate surface area is 103 Å². The number of aromatic amines is 1. The summed E-state index contributed by atoms with van der Waals surface area (Å²) in [6.07, 6.45) is 3.14. The minimum absolute atomic E-state index is 0.146. The summed E-state index contributed by atoms with van der Waals surface area (Å²) < 4.78 is 0. The summed E-state index contributed by atoms with van der Waals surface area (Å²) in [6.45, 7) is 1.27. The van der Waals surface area contributed by atoms with Gasteiger partial charge in [-0.25, -0.2) is 4.79 Å². The Hall–Kier alpha value is -2.56. The molecule has 0 spiro atoms. The molecule has 1 amide bonds. The van der Waals surface area contributed by atoms with Crippen molar-refractivity contribution in [2.45, 2.75) is 6.92 Å². The van der Waals surface area contributed by atoms with Gasteiger partial charge in [-0.1, -0.05) is 18.2 Å². The van der Waals surface area contributed by atoms with Gasteiger partial charge in [0.2, 0.25) is 5.91 Å². The lowest BCUT2D eigenvalue weighted by Crippen LogP contribution is -2.24. The molecule has 18 heavy (non-hydrogen) atoms. The van der Waals surface area contributed by atoms with Gasteiger partial charge < -0.3 is 15.4 Å². The van der Waals surface area contributed by atoms with Crippen LogP contribution in [0.2, 0.25) is 0 Å². The molecule has 0 bridgehead atoms. The number of amides is 1. The summed E-state index contributed by atoms with van der Waals surface area (Å²) in [5, 5.41) is 12.2. The Morgan fingerprint density at radius 2 is 2.06 bits per heavy atom. The molecular weight excluding hydrogens is 232 g/mol. The Balaban J connectivity index is 2.46. The van der Waals surface area contributed by atoms with E-state index in [1.807, 2.05) is 24.3 Å². The molecule has 0 saturated heterocycles. The number of fused-ring (bicyclic) bond motifs is 1. The summed E-state index contributed by atoms with van der Waals surface area (Å²) in [5.41, 5.74) is 1.49. The Bertz CT molecular complexity index is 640. The first-order valence-corrected chi connectivity index (χ1v) is 5.36. The van der Waals surface area contributed by atoms with Gasteiger partial charge in [0.25, 0.3) is 0 Å². The van der Waals surface area contributed by atoms with Crippen molar-refractivity contribution in [2.24, 2.45) is 0 Å². The van der Waals surface area contributed by atoms with Gasteiger partial charge in [-0.3, -0.25) is 4.79 Å². The third kappa shape index (κ3) is 2.40. The first-order valence-electron chi connectivity index (χ1n) is 5.36. The molecule has 1 aromatic carbocycles. The summed E-state index contributed by atoms with van der Waals surface area (Å²) in [7, 11) is 0. The third-order valence-electron chi connectivity index (χ3n) is 2.46. The fourth-order valence-electron chi connectivity index (χ4n) is 1.71. The lowest BCUT2D eigenvalue weighted by Gasteiger charge is -2.02. The van der Waals surface area contributed by atoms with Crippen LogP contribution in [-0.4, -0.2) is 22.0 Å². The summed E-state index contributed by atoms with van der Waals surface area (Å²) in [4.78, 5) is 25.0. The Morgan fingerprint density at radius 3 is 2.72 bits per heavy atom. The van der Waals surface area contributed by atoms with Crippen LogP contribution in [0.4, 0.5) is 0 Å². The number of hydrogen-bond acceptors (Lipinski definition) is 2. The number of rotatable bonds is 3. The molecule has 92 valence electrons. The van der Waals surface area contributed by atoms with Crippen LogP contribution in [-0.2, 0) is 9.59 Å². The number of carboxylic acid groups (broad SMARTS) is 1. The van der Waals surface area contributed by atoms with Crippen LogP contribution in [0.25, 0.3) is 17.0 Å². The van der Waals surface area contributed by atoms with Gasteiger partial charge in [0.1, 0.15) is 5.70 Å². The average molecular weight is 244 g/mol. The number of benzene rings is 1. The van der Waals surface area contributed by atoms with Crippen LogP contribution in [0, 0.1) is 0 Å². The molecular formula is C13H12N2O3. The predicted molar refractivity (Wildman–Crippen MR) is 67.7 cm³/mol. The minimum Gasteiger partial charge on any atom is -0.477 e. The van der Waals surface area contributed by atoms with Crippen LogP contribution in [0.15, 0.2) is 36.2 Å². The van der Waals surface area contributed by atoms with E-state index in [-0.39, 0.29) is 5.70 Å². The van der Waals surface area contributed by atoms with Crippen molar-refractivity contribution in [1.29, 1.82) is 0 Å². The zero-order valence-electron chi connectivity index (χ0n) is 9.73. The Kier molecular flexibility index (Phi) is 3.14. The van der Waals surface area contributed by atoms with Crippen LogP contribution < -0.4 is 5.32 Å². The molecule has 0 saturated carbocycles. The van der Waals surface area contributed by atoms with Gasteiger partial charge in [0, 0.05) is 29.6 Å². The van der Waals surface area contributed by atoms with E-state index >= 15 is 0 Å². The van der Waals surface area contributed by atoms with E-state index in [1.165, 1.54) is 13.0 Å². The van der Waals surface area contributed by atoms with Crippen molar-refractivity contribution in [1.82, 2.24) is 10.3 Å². The third-order valence-corrected chi connectivity index (χ3v) is 2.46. The van der Waals surface area contributed by atoms with E-state index in [0.29, 0.717) is 0 Å². The normalized spacial score (nSPS) is 11.5. The molecule has 0 aliphatic heterocycles. The number of H-pyrrole nitrogens is 1. The highest BCUT2D eigenvalue weighted by Crippen LogP contribution is 2.19. The first-order chi connectivity index (χ1) is 8.58. The molecule has 2 aromatic rings. The predicted octanol–water partition coefficient (Wildman–Crippen LogP) is 1.73. The van der Waals surface area contributed by atoms with Crippen LogP contribution in [0.1, 0.15) is 12.5 Å². The van der Waals surface area contributed by atoms with E-state index in [0.717, 1.165) is 16.5 Å². The summed E-state index contributed by atoms with van der Waals surface area (Å²) in [5.74, 6) is -1.58. The van der Waals surface area contributed by atoms with Crippen molar-refractivity contribution in [3.8, 4) is 0 Å². The molecule has 0 aliphatic carbocycles. The van der Waals surface area contributed by atoms with Gasteiger partial charge in [-0.2, -0.15) is 0 Å². The largest absolute Gasteiger partial charge is 0.477 e. The lowest BCUT2D eigenvalue weighted by molar-refractivity contribution is -0.134. The van der Waals surface area contributed by atoms with Crippen LogP contribution in [0.3, 0.4) is 0 Å². The quantitative estimate of drug-likeness (QED) is 0.719. The lowest BCUT2D eigenvalue weighted by atomic mass is 10.1. The van der Waals surface area contributed by atoms with E-state index in [9.17, 15) is 9.59 Å². The minimum atomic E-state index is -1.17. The molecule has 2 rings (SSSR count). The van der Waals surface area contributed by atoms with Crippen molar-refractivity contribution in [3.05, 3.63) is 41.7 Å². The summed E-state index contributed by atoms with van der Waals surface area (Å²) in [6, 6.07) is 7.53. The van der Waals surface area contributed by atoms with Crippen molar-refractivity contribution < 1.29 is 14.7 Å². The topological polar surface area (TPSA) is 82.2 Å². The molecule has 1 heterocycles. The molecule has 0 radical (unpaired) electrons. The number of carbonyl (C=O) groups excluding carboxylic acids is 1. The molecule has 0 unspecified atom stereocenters. The smallest absolute Gasteiger partial charge is 0.352 e. The van der Waals surface area contributed by atoms with E-state index in [1.54, 1.807) is 6.20 Å². The fraction of sp³-hybridized carbons (Fsp3) is 0.0769. The molecule has 0 atom stereocenters. The van der Waals surface area contributed by atoms with Gasteiger partial charge >= 0.3 is 5.97 Å². The molecule has 3 N–H and O–H groups in total. The maximum Gasteiger partial charge on any atom is 0.352 e. The fourth-order valence-corrected chi connectivity index (χ4v) is 1.71. The zero-order chi connectivity index (χ0) is 13.1. The van der Waals surface area contributed by atoms with Gasteiger partial charge in [-0.05, 0) is 12.1 Å². The number of carboxylic acids is 1. The molecule has 5 heteroatoms. The molecule has 0 aliphatic rings. The first kappa shape index (κ1) is 11.9. The summed E-state index contributed by atoms with van der Waals surface area (Å²) >= 11 is 0. The SMILES string of the molecule is CC(=O)N/C(=C/c1c[nH]c2ccccc12)C(=O)O. The van der Waals surface area contributed by atoms with Crippen molar-refractivity contribution in [3.63, 3.8) is 0 Å². The number of nitrogens with one attached hydrogen (secondary N) is 2. The average Bonchev–Trinajstić information content (AvgIpc) is 2.71. The Morgan fingerprint density at radius 1 is 1.33 bits per heavy atom. The molecule has 0 fully saturated rings. The number of hydrogen-bond donors (Lipinski definition) is 3. The van der Waals surface area contributed by atoms with E-state index in [4.69, 9.17) is 5.11 Å². The zero-order valence-corrected chi connectivity index (χ0v) is 9.73. The standard InChI is InChI=1S/C13H12N2O3/c1-8(16)15-12(13(17)18)6-9-7-14-11-5-3-2-4-10(9)11/h2-7,14H,1H3,(H,15,16)(H,17,18)/b12-6+. The highest BCUT2D eigenvalue weighted by Gasteiger charge is 2.10. The monoisotopic (exact) mass is 244 g/mol. The van der Waals surface area contributed by atoms with E-state index < -0.39 is 11.9 Å². The number of para-hydroxylation sites is 1. The van der Waals surface area contributed by atoms with Gasteiger partial charge in [-0.15, -0.1) is 0 Å². The molecule has 5 nitrogen and oxygen atoms in total. The highest BCUT2D eigenvalue weighted by molar-refractivity contribution is 5.99. The number of aliphatic carboxylic acids is 1. The van der Waals surface area contributed by atoms with E-state index in [2.05, 4.69) is 10.3 Å². The maximum absolute atomic E-state index is 11.0. The molecule has 1 aromatic heterocycles.